The maximum atomic E-state index is 4.55. The van der Waals surface area contributed by atoms with Crippen LogP contribution < -0.4 is 5.32 Å². The molecule has 0 spiro atoms. The summed E-state index contributed by atoms with van der Waals surface area (Å²) in [6.07, 6.45) is 2.36. The topological polar surface area (TPSA) is 68.0 Å². The van der Waals surface area contributed by atoms with Gasteiger partial charge in [0.15, 0.2) is 0 Å². The molecule has 1 N–H and O–H groups in total. The minimum absolute atomic E-state index is 0.601. The van der Waals surface area contributed by atoms with Gasteiger partial charge in [0.2, 0.25) is 0 Å². The van der Waals surface area contributed by atoms with Crippen LogP contribution >= 0.6 is 11.3 Å². The lowest BCUT2D eigenvalue weighted by Gasteiger charge is -2.10. The Labute approximate surface area is 143 Å². The van der Waals surface area contributed by atoms with E-state index in [1.807, 2.05) is 25.1 Å². The summed E-state index contributed by atoms with van der Waals surface area (Å²) in [5, 5.41) is 10.7. The molecule has 3 heterocycles. The molecule has 7 heteroatoms. The van der Waals surface area contributed by atoms with Crippen LogP contribution in [0.25, 0.3) is 16.3 Å². The lowest BCUT2D eigenvalue weighted by Crippen LogP contribution is -2.03. The Kier molecular flexibility index (Phi) is 3.70. The first-order valence-electron chi connectivity index (χ1n) is 7.72. The molecule has 1 aromatic carbocycles. The lowest BCUT2D eigenvalue weighted by molar-refractivity contribution is 0.918. The van der Waals surface area contributed by atoms with E-state index >= 15 is 0 Å². The SMILES string of the molecule is CCc1cc(Nc2cccc(-c3nc(C)cs3)c2)n2ncnc2n1. The van der Waals surface area contributed by atoms with E-state index in [9.17, 15) is 0 Å². The Morgan fingerprint density at radius 3 is 2.92 bits per heavy atom. The number of hydrogen-bond acceptors (Lipinski definition) is 6. The molecule has 0 bridgehead atoms. The van der Waals surface area contributed by atoms with Gasteiger partial charge in [-0.2, -0.15) is 14.6 Å². The summed E-state index contributed by atoms with van der Waals surface area (Å²) in [7, 11) is 0. The van der Waals surface area contributed by atoms with Gasteiger partial charge in [0.05, 0.1) is 0 Å². The van der Waals surface area contributed by atoms with Crippen molar-refractivity contribution in [1.29, 1.82) is 0 Å². The third kappa shape index (κ3) is 2.74. The molecule has 0 amide bonds. The van der Waals surface area contributed by atoms with Crippen LogP contribution in [0.2, 0.25) is 0 Å². The van der Waals surface area contributed by atoms with Crippen molar-refractivity contribution < 1.29 is 0 Å². The highest BCUT2D eigenvalue weighted by Gasteiger charge is 2.08. The van der Waals surface area contributed by atoms with Gasteiger partial charge in [0.1, 0.15) is 17.2 Å². The van der Waals surface area contributed by atoms with E-state index in [-0.39, 0.29) is 0 Å². The van der Waals surface area contributed by atoms with Crippen molar-refractivity contribution in [2.75, 3.05) is 5.32 Å². The summed E-state index contributed by atoms with van der Waals surface area (Å²) < 4.78 is 1.71. The molecule has 0 aliphatic heterocycles. The third-order valence-corrected chi connectivity index (χ3v) is 4.68. The highest BCUT2D eigenvalue weighted by Crippen LogP contribution is 2.27. The summed E-state index contributed by atoms with van der Waals surface area (Å²) in [4.78, 5) is 13.2. The number of anilines is 2. The smallest absolute Gasteiger partial charge is 0.254 e. The summed E-state index contributed by atoms with van der Waals surface area (Å²) in [5.74, 6) is 1.45. The molecule has 0 aliphatic rings. The monoisotopic (exact) mass is 336 g/mol. The molecule has 4 rings (SSSR count). The molecule has 3 aromatic heterocycles. The standard InChI is InChI=1S/C17H16N6S/c1-3-13-8-15(23-17(22-13)18-10-19-23)21-14-6-4-5-12(7-14)16-20-11(2)9-24-16/h4-10,21H,3H2,1-2H3. The first kappa shape index (κ1) is 14.8. The average Bonchev–Trinajstić information content (AvgIpc) is 3.24. The Morgan fingerprint density at radius 1 is 1.21 bits per heavy atom. The Bertz CT molecular complexity index is 1000. The van der Waals surface area contributed by atoms with E-state index < -0.39 is 0 Å². The minimum Gasteiger partial charge on any atom is -0.340 e. The number of nitrogens with one attached hydrogen (secondary N) is 1. The zero-order chi connectivity index (χ0) is 16.5. The van der Waals surface area contributed by atoms with Gasteiger partial charge in [-0.3, -0.25) is 0 Å². The summed E-state index contributed by atoms with van der Waals surface area (Å²) in [6, 6.07) is 10.2. The summed E-state index contributed by atoms with van der Waals surface area (Å²) in [6.45, 7) is 4.08. The molecule has 24 heavy (non-hydrogen) atoms. The van der Waals surface area contributed by atoms with Crippen molar-refractivity contribution in [1.82, 2.24) is 24.6 Å². The number of benzene rings is 1. The second kappa shape index (κ2) is 6.01. The van der Waals surface area contributed by atoms with Gasteiger partial charge >= 0.3 is 0 Å². The molecular weight excluding hydrogens is 320 g/mol. The highest BCUT2D eigenvalue weighted by molar-refractivity contribution is 7.13. The van der Waals surface area contributed by atoms with Gasteiger partial charge in [-0.25, -0.2) is 9.97 Å². The number of rotatable bonds is 4. The molecule has 0 atom stereocenters. The molecule has 0 saturated heterocycles. The number of thiazole rings is 1. The van der Waals surface area contributed by atoms with E-state index in [1.54, 1.807) is 15.9 Å². The van der Waals surface area contributed by atoms with E-state index in [1.165, 1.54) is 6.33 Å². The quantitative estimate of drug-likeness (QED) is 0.613. The molecule has 0 unspecified atom stereocenters. The van der Waals surface area contributed by atoms with Crippen LogP contribution in [0.3, 0.4) is 0 Å². The number of aryl methyl sites for hydroxylation is 2. The van der Waals surface area contributed by atoms with Gasteiger partial charge in [0, 0.05) is 34.1 Å². The Hall–Kier alpha value is -2.80. The van der Waals surface area contributed by atoms with E-state index in [4.69, 9.17) is 0 Å². The zero-order valence-corrected chi connectivity index (χ0v) is 14.2. The van der Waals surface area contributed by atoms with Crippen LogP contribution in [0.5, 0.6) is 0 Å². The first-order chi connectivity index (χ1) is 11.7. The van der Waals surface area contributed by atoms with Gasteiger partial charge in [-0.05, 0) is 25.5 Å². The van der Waals surface area contributed by atoms with Crippen LogP contribution in [0.4, 0.5) is 11.5 Å². The summed E-state index contributed by atoms with van der Waals surface area (Å²) in [5.41, 5.74) is 4.09. The fourth-order valence-electron chi connectivity index (χ4n) is 2.50. The maximum Gasteiger partial charge on any atom is 0.254 e. The van der Waals surface area contributed by atoms with Crippen molar-refractivity contribution in [3.05, 3.63) is 53.4 Å². The average molecular weight is 336 g/mol. The van der Waals surface area contributed by atoms with Gasteiger partial charge in [-0.15, -0.1) is 11.3 Å². The van der Waals surface area contributed by atoms with Gasteiger partial charge < -0.3 is 5.32 Å². The largest absolute Gasteiger partial charge is 0.340 e. The second-order valence-corrected chi connectivity index (χ2v) is 6.32. The molecular formula is C17H16N6S. The molecule has 4 aromatic rings. The predicted octanol–water partition coefficient (Wildman–Crippen LogP) is 3.86. The third-order valence-electron chi connectivity index (χ3n) is 3.67. The number of hydrogen-bond donors (Lipinski definition) is 1. The lowest BCUT2D eigenvalue weighted by atomic mass is 10.2. The maximum absolute atomic E-state index is 4.55. The van der Waals surface area contributed by atoms with Crippen LogP contribution in [0.1, 0.15) is 18.3 Å². The number of fused-ring (bicyclic) bond motifs is 1. The fraction of sp³-hybridized carbons (Fsp3) is 0.176. The normalized spacial score (nSPS) is 11.1. The molecule has 0 aliphatic carbocycles. The Balaban J connectivity index is 1.72. The minimum atomic E-state index is 0.601. The van der Waals surface area contributed by atoms with Crippen molar-refractivity contribution in [2.24, 2.45) is 0 Å². The van der Waals surface area contributed by atoms with Crippen LogP contribution in [-0.2, 0) is 6.42 Å². The summed E-state index contributed by atoms with van der Waals surface area (Å²) >= 11 is 1.65. The molecule has 120 valence electrons. The Morgan fingerprint density at radius 2 is 2.12 bits per heavy atom. The van der Waals surface area contributed by atoms with Crippen molar-refractivity contribution in [3.63, 3.8) is 0 Å². The van der Waals surface area contributed by atoms with Crippen molar-refractivity contribution in [3.8, 4) is 10.6 Å². The zero-order valence-electron chi connectivity index (χ0n) is 13.4. The molecule has 6 nitrogen and oxygen atoms in total. The van der Waals surface area contributed by atoms with Crippen LogP contribution in [0, 0.1) is 6.92 Å². The first-order valence-corrected chi connectivity index (χ1v) is 8.60. The van der Waals surface area contributed by atoms with Crippen molar-refractivity contribution in [2.45, 2.75) is 20.3 Å². The van der Waals surface area contributed by atoms with E-state index in [0.717, 1.165) is 39.9 Å². The molecule has 0 saturated carbocycles. The van der Waals surface area contributed by atoms with Crippen molar-refractivity contribution >= 4 is 28.6 Å². The fourth-order valence-corrected chi connectivity index (χ4v) is 3.29. The van der Waals surface area contributed by atoms with Crippen LogP contribution in [0.15, 0.2) is 42.0 Å². The number of aromatic nitrogens is 5. The predicted molar refractivity (Wildman–Crippen MR) is 95.7 cm³/mol. The number of nitrogens with zero attached hydrogens (tertiary/aromatic N) is 5. The van der Waals surface area contributed by atoms with E-state index in [0.29, 0.717) is 5.78 Å². The van der Waals surface area contributed by atoms with Gasteiger partial charge in [-0.1, -0.05) is 19.1 Å². The van der Waals surface area contributed by atoms with Crippen LogP contribution in [-0.4, -0.2) is 24.6 Å². The second-order valence-electron chi connectivity index (χ2n) is 5.46. The van der Waals surface area contributed by atoms with Gasteiger partial charge in [0.25, 0.3) is 5.78 Å². The molecule has 0 radical (unpaired) electrons. The van der Waals surface area contributed by atoms with E-state index in [2.05, 4.69) is 49.8 Å². The molecule has 0 fully saturated rings. The highest BCUT2D eigenvalue weighted by atomic mass is 32.1.